The van der Waals surface area contributed by atoms with Crippen molar-refractivity contribution in [2.24, 2.45) is 0 Å². The molecule has 3 rings (SSSR count). The minimum Gasteiger partial charge on any atom is -0.497 e. The van der Waals surface area contributed by atoms with Crippen LogP contribution in [-0.4, -0.2) is 37.2 Å². The Morgan fingerprint density at radius 1 is 1.23 bits per heavy atom. The molecule has 1 aliphatic heterocycles. The number of amides is 1. The van der Waals surface area contributed by atoms with E-state index in [2.05, 4.69) is 10.6 Å². The zero-order chi connectivity index (χ0) is 18.7. The molecule has 0 aromatic heterocycles. The van der Waals surface area contributed by atoms with Gasteiger partial charge in [0.05, 0.1) is 20.6 Å². The molecule has 26 heavy (non-hydrogen) atoms. The number of carboxylic acids is 1. The monoisotopic (exact) mass is 356 g/mol. The number of methoxy groups -OCH3 is 2. The van der Waals surface area contributed by atoms with E-state index in [1.54, 1.807) is 44.6 Å². The van der Waals surface area contributed by atoms with Gasteiger partial charge in [-0.3, -0.25) is 9.59 Å². The third kappa shape index (κ3) is 3.72. The van der Waals surface area contributed by atoms with Crippen molar-refractivity contribution in [2.75, 3.05) is 24.9 Å². The highest BCUT2D eigenvalue weighted by atomic mass is 16.5. The highest BCUT2D eigenvalue weighted by Crippen LogP contribution is 2.38. The lowest BCUT2D eigenvalue weighted by Crippen LogP contribution is -2.32. The van der Waals surface area contributed by atoms with E-state index < -0.39 is 12.0 Å². The standard InChI is InChI=1S/C19H20N2O5/c1-25-13-8-15-14(17(9-13)26-2)10-16(21-15)19(24)20-12-5-3-4-11(6-12)7-18(22)23/h3-6,8-9,16,21H,7,10H2,1-2H3,(H,20,24)(H,22,23). The van der Waals surface area contributed by atoms with Crippen LogP contribution in [0.15, 0.2) is 36.4 Å². The van der Waals surface area contributed by atoms with E-state index in [0.29, 0.717) is 29.2 Å². The predicted molar refractivity (Wildman–Crippen MR) is 97.1 cm³/mol. The van der Waals surface area contributed by atoms with Crippen LogP contribution in [0.5, 0.6) is 11.5 Å². The summed E-state index contributed by atoms with van der Waals surface area (Å²) in [5.74, 6) is 0.207. The number of hydrogen-bond acceptors (Lipinski definition) is 5. The van der Waals surface area contributed by atoms with Gasteiger partial charge in [0.1, 0.15) is 17.5 Å². The van der Waals surface area contributed by atoms with E-state index in [1.165, 1.54) is 0 Å². The van der Waals surface area contributed by atoms with Crippen LogP contribution in [0.3, 0.4) is 0 Å². The summed E-state index contributed by atoms with van der Waals surface area (Å²) in [6.45, 7) is 0. The molecule has 0 radical (unpaired) electrons. The summed E-state index contributed by atoms with van der Waals surface area (Å²) in [5, 5.41) is 14.9. The summed E-state index contributed by atoms with van der Waals surface area (Å²) in [4.78, 5) is 23.4. The summed E-state index contributed by atoms with van der Waals surface area (Å²) in [6.07, 6.45) is 0.400. The van der Waals surface area contributed by atoms with Gasteiger partial charge < -0.3 is 25.2 Å². The van der Waals surface area contributed by atoms with E-state index >= 15 is 0 Å². The molecule has 2 aromatic rings. The van der Waals surface area contributed by atoms with Crippen molar-refractivity contribution < 1.29 is 24.2 Å². The number of carboxylic acid groups (broad SMARTS) is 1. The number of benzene rings is 2. The van der Waals surface area contributed by atoms with Gasteiger partial charge in [-0.2, -0.15) is 0 Å². The van der Waals surface area contributed by atoms with Crippen molar-refractivity contribution in [1.29, 1.82) is 0 Å². The number of nitrogens with one attached hydrogen (secondary N) is 2. The van der Waals surface area contributed by atoms with Gasteiger partial charge in [0.25, 0.3) is 0 Å². The lowest BCUT2D eigenvalue weighted by Gasteiger charge is -2.12. The predicted octanol–water partition coefficient (Wildman–Crippen LogP) is 2.31. The van der Waals surface area contributed by atoms with Gasteiger partial charge >= 0.3 is 5.97 Å². The molecule has 7 nitrogen and oxygen atoms in total. The molecule has 1 atom stereocenters. The zero-order valence-corrected chi connectivity index (χ0v) is 14.5. The first kappa shape index (κ1) is 17.6. The Balaban J connectivity index is 1.73. The maximum absolute atomic E-state index is 12.6. The maximum atomic E-state index is 12.6. The molecule has 0 saturated heterocycles. The Bertz CT molecular complexity index is 850. The fourth-order valence-corrected chi connectivity index (χ4v) is 3.02. The molecular formula is C19H20N2O5. The Hall–Kier alpha value is -3.22. The molecule has 1 heterocycles. The first-order valence-corrected chi connectivity index (χ1v) is 8.13. The normalized spacial score (nSPS) is 14.9. The Morgan fingerprint density at radius 2 is 2.04 bits per heavy atom. The number of carbonyl (C=O) groups excluding carboxylic acids is 1. The zero-order valence-electron chi connectivity index (χ0n) is 14.5. The van der Waals surface area contributed by atoms with Crippen LogP contribution in [0.4, 0.5) is 11.4 Å². The molecule has 136 valence electrons. The second-order valence-corrected chi connectivity index (χ2v) is 6.02. The van der Waals surface area contributed by atoms with Gasteiger partial charge in [-0.15, -0.1) is 0 Å². The van der Waals surface area contributed by atoms with Crippen LogP contribution in [0, 0.1) is 0 Å². The summed E-state index contributed by atoms with van der Waals surface area (Å²) in [6, 6.07) is 10.00. The quantitative estimate of drug-likeness (QED) is 0.735. The molecule has 0 bridgehead atoms. The number of fused-ring (bicyclic) bond motifs is 1. The van der Waals surface area contributed by atoms with Gasteiger partial charge in [-0.25, -0.2) is 0 Å². The molecule has 1 unspecified atom stereocenters. The van der Waals surface area contributed by atoms with Crippen molar-refractivity contribution >= 4 is 23.3 Å². The van der Waals surface area contributed by atoms with Crippen LogP contribution >= 0.6 is 0 Å². The highest BCUT2D eigenvalue weighted by Gasteiger charge is 2.30. The van der Waals surface area contributed by atoms with Crippen LogP contribution in [0.2, 0.25) is 0 Å². The number of ether oxygens (including phenoxy) is 2. The molecule has 3 N–H and O–H groups in total. The first-order chi connectivity index (χ1) is 12.5. The van der Waals surface area contributed by atoms with E-state index in [9.17, 15) is 9.59 Å². The van der Waals surface area contributed by atoms with Crippen LogP contribution < -0.4 is 20.1 Å². The fraction of sp³-hybridized carbons (Fsp3) is 0.263. The molecule has 7 heteroatoms. The largest absolute Gasteiger partial charge is 0.497 e. The minimum absolute atomic E-state index is 0.0895. The van der Waals surface area contributed by atoms with Gasteiger partial charge in [-0.1, -0.05) is 12.1 Å². The van der Waals surface area contributed by atoms with Crippen LogP contribution in [-0.2, 0) is 22.4 Å². The van der Waals surface area contributed by atoms with Crippen molar-refractivity contribution in [1.82, 2.24) is 0 Å². The number of hydrogen-bond donors (Lipinski definition) is 3. The van der Waals surface area contributed by atoms with Gasteiger partial charge in [-0.05, 0) is 17.7 Å². The number of aliphatic carboxylic acids is 1. The fourth-order valence-electron chi connectivity index (χ4n) is 3.02. The summed E-state index contributed by atoms with van der Waals surface area (Å²) in [5.41, 5.74) is 2.93. The third-order valence-electron chi connectivity index (χ3n) is 4.24. The summed E-state index contributed by atoms with van der Waals surface area (Å²) >= 11 is 0. The molecule has 0 fully saturated rings. The van der Waals surface area contributed by atoms with Crippen LogP contribution in [0.1, 0.15) is 11.1 Å². The van der Waals surface area contributed by atoms with Gasteiger partial charge in [0.15, 0.2) is 0 Å². The molecule has 0 spiro atoms. The van der Waals surface area contributed by atoms with Crippen molar-refractivity contribution in [3.05, 3.63) is 47.5 Å². The Morgan fingerprint density at radius 3 is 2.73 bits per heavy atom. The molecule has 1 amide bonds. The van der Waals surface area contributed by atoms with E-state index in [0.717, 1.165) is 11.3 Å². The second-order valence-electron chi connectivity index (χ2n) is 6.02. The molecule has 1 aliphatic rings. The number of rotatable bonds is 6. The first-order valence-electron chi connectivity index (χ1n) is 8.13. The van der Waals surface area contributed by atoms with E-state index in [-0.39, 0.29) is 12.3 Å². The lowest BCUT2D eigenvalue weighted by molar-refractivity contribution is -0.136. The topological polar surface area (TPSA) is 96.9 Å². The minimum atomic E-state index is -0.914. The average molecular weight is 356 g/mol. The molecule has 0 aliphatic carbocycles. The number of carbonyl (C=O) groups is 2. The summed E-state index contributed by atoms with van der Waals surface area (Å²) < 4.78 is 10.6. The number of anilines is 2. The molecule has 2 aromatic carbocycles. The van der Waals surface area contributed by atoms with Crippen LogP contribution in [0.25, 0.3) is 0 Å². The Labute approximate surface area is 150 Å². The molecular weight excluding hydrogens is 336 g/mol. The molecule has 0 saturated carbocycles. The van der Waals surface area contributed by atoms with E-state index in [4.69, 9.17) is 14.6 Å². The van der Waals surface area contributed by atoms with Crippen molar-refractivity contribution in [3.8, 4) is 11.5 Å². The van der Waals surface area contributed by atoms with Crippen molar-refractivity contribution in [2.45, 2.75) is 18.9 Å². The highest BCUT2D eigenvalue weighted by molar-refractivity contribution is 5.98. The van der Waals surface area contributed by atoms with Gasteiger partial charge in [0.2, 0.25) is 5.91 Å². The Kier molecular flexibility index (Phi) is 4.97. The second kappa shape index (κ2) is 7.35. The average Bonchev–Trinajstić information content (AvgIpc) is 3.04. The smallest absolute Gasteiger partial charge is 0.307 e. The summed E-state index contributed by atoms with van der Waals surface area (Å²) in [7, 11) is 3.15. The maximum Gasteiger partial charge on any atom is 0.307 e. The third-order valence-corrected chi connectivity index (χ3v) is 4.24. The van der Waals surface area contributed by atoms with Gasteiger partial charge in [0, 0.05) is 35.5 Å². The van der Waals surface area contributed by atoms with Crippen molar-refractivity contribution in [3.63, 3.8) is 0 Å². The SMILES string of the molecule is COc1cc2c(c(OC)c1)CC(C(=O)Nc1cccc(CC(=O)O)c1)N2. The lowest BCUT2D eigenvalue weighted by atomic mass is 10.1. The van der Waals surface area contributed by atoms with E-state index in [1.807, 2.05) is 6.07 Å².